The van der Waals surface area contributed by atoms with Gasteiger partial charge >= 0.3 is 0 Å². The maximum Gasteiger partial charge on any atom is 0.273 e. The number of hydrogen-bond donors (Lipinski definition) is 2. The highest BCUT2D eigenvalue weighted by Crippen LogP contribution is 2.24. The topological polar surface area (TPSA) is 87.9 Å². The first-order valence-corrected chi connectivity index (χ1v) is 7.05. The number of non-ortho nitro benzene ring substituents is 1. The second-order valence-electron chi connectivity index (χ2n) is 5.22. The highest BCUT2D eigenvalue weighted by molar-refractivity contribution is 5.43. The van der Waals surface area contributed by atoms with E-state index in [4.69, 9.17) is 4.74 Å². The molecule has 1 aromatic rings. The number of nitro benzene ring substituents is 1. The second-order valence-corrected chi connectivity index (χ2v) is 5.22. The van der Waals surface area contributed by atoms with Gasteiger partial charge in [0, 0.05) is 38.8 Å². The zero-order valence-corrected chi connectivity index (χ0v) is 12.1. The fraction of sp³-hybridized carbons (Fsp3) is 0.571. The number of nitro groups is 1. The molecule has 0 spiro atoms. The van der Waals surface area contributed by atoms with Gasteiger partial charge in [0.1, 0.15) is 18.5 Å². The number of aryl methyl sites for hydroxylation is 1. The molecular weight excluding hydrogens is 274 g/mol. The van der Waals surface area contributed by atoms with Crippen LogP contribution in [0.1, 0.15) is 5.56 Å². The standard InChI is InChI=1S/C14H21N3O4/c1-11-2-3-12(17(19)20)8-14(11)21-10-13(18)9-16-6-4-15-5-7-16/h2-3,8,13,15,18H,4-7,9-10H2,1H3. The van der Waals surface area contributed by atoms with Crippen molar-refractivity contribution < 1.29 is 14.8 Å². The van der Waals surface area contributed by atoms with E-state index in [9.17, 15) is 15.2 Å². The highest BCUT2D eigenvalue weighted by Gasteiger charge is 2.16. The predicted molar refractivity (Wildman–Crippen MR) is 78.6 cm³/mol. The molecule has 1 aliphatic heterocycles. The normalized spacial score (nSPS) is 17.4. The van der Waals surface area contributed by atoms with Crippen molar-refractivity contribution in [3.63, 3.8) is 0 Å². The van der Waals surface area contributed by atoms with Crippen LogP contribution in [-0.4, -0.2) is 60.4 Å². The highest BCUT2D eigenvalue weighted by atomic mass is 16.6. The van der Waals surface area contributed by atoms with Gasteiger partial charge < -0.3 is 15.2 Å². The summed E-state index contributed by atoms with van der Waals surface area (Å²) in [4.78, 5) is 12.5. The van der Waals surface area contributed by atoms with Gasteiger partial charge in [-0.2, -0.15) is 0 Å². The van der Waals surface area contributed by atoms with E-state index in [1.165, 1.54) is 12.1 Å². The number of ether oxygens (including phenoxy) is 1. The van der Waals surface area contributed by atoms with Crippen LogP contribution in [-0.2, 0) is 0 Å². The number of β-amino-alcohol motifs (C(OH)–C–C–N with tert-alkyl or cyclic N) is 1. The Morgan fingerprint density at radius 2 is 2.19 bits per heavy atom. The van der Waals surface area contributed by atoms with E-state index in [2.05, 4.69) is 10.2 Å². The summed E-state index contributed by atoms with van der Waals surface area (Å²) in [6, 6.07) is 4.49. The molecule has 0 aromatic heterocycles. The van der Waals surface area contributed by atoms with Crippen LogP contribution in [0.15, 0.2) is 18.2 Å². The fourth-order valence-electron chi connectivity index (χ4n) is 2.29. The largest absolute Gasteiger partial charge is 0.490 e. The molecule has 1 unspecified atom stereocenters. The molecule has 1 aliphatic rings. The lowest BCUT2D eigenvalue weighted by Gasteiger charge is -2.29. The fourth-order valence-corrected chi connectivity index (χ4v) is 2.29. The Morgan fingerprint density at radius 3 is 2.86 bits per heavy atom. The third-order valence-corrected chi connectivity index (χ3v) is 3.49. The van der Waals surface area contributed by atoms with Gasteiger partial charge in [0.15, 0.2) is 0 Å². The van der Waals surface area contributed by atoms with Crippen molar-refractivity contribution in [3.05, 3.63) is 33.9 Å². The van der Waals surface area contributed by atoms with Crippen molar-refractivity contribution >= 4 is 5.69 Å². The molecule has 1 aromatic carbocycles. The molecule has 2 N–H and O–H groups in total. The van der Waals surface area contributed by atoms with Crippen LogP contribution < -0.4 is 10.1 Å². The van der Waals surface area contributed by atoms with Crippen LogP contribution in [0.4, 0.5) is 5.69 Å². The van der Waals surface area contributed by atoms with Gasteiger partial charge in [-0.1, -0.05) is 0 Å². The van der Waals surface area contributed by atoms with E-state index >= 15 is 0 Å². The zero-order chi connectivity index (χ0) is 15.2. The third kappa shape index (κ3) is 4.66. The van der Waals surface area contributed by atoms with E-state index in [-0.39, 0.29) is 12.3 Å². The SMILES string of the molecule is Cc1ccc([N+](=O)[O-])cc1OCC(O)CN1CCNCC1. The molecule has 7 heteroatoms. The van der Waals surface area contributed by atoms with E-state index in [1.807, 2.05) is 6.92 Å². The molecule has 0 radical (unpaired) electrons. The molecule has 1 atom stereocenters. The van der Waals surface area contributed by atoms with Gasteiger partial charge in [-0.05, 0) is 18.6 Å². The first-order valence-electron chi connectivity index (χ1n) is 7.05. The molecule has 1 saturated heterocycles. The van der Waals surface area contributed by atoms with Gasteiger partial charge in [-0.3, -0.25) is 15.0 Å². The van der Waals surface area contributed by atoms with E-state index < -0.39 is 11.0 Å². The molecule has 2 rings (SSSR count). The Labute approximate surface area is 123 Å². The summed E-state index contributed by atoms with van der Waals surface area (Å²) in [7, 11) is 0. The summed E-state index contributed by atoms with van der Waals surface area (Å²) in [5.74, 6) is 0.448. The first-order chi connectivity index (χ1) is 10.1. The number of aliphatic hydroxyl groups excluding tert-OH is 1. The quantitative estimate of drug-likeness (QED) is 0.588. The number of piperazine rings is 1. The van der Waals surface area contributed by atoms with E-state index in [1.54, 1.807) is 6.07 Å². The average molecular weight is 295 g/mol. The summed E-state index contributed by atoms with van der Waals surface area (Å²) in [5, 5.41) is 24.0. The summed E-state index contributed by atoms with van der Waals surface area (Å²) in [6.07, 6.45) is -0.609. The van der Waals surface area contributed by atoms with E-state index in [0.29, 0.717) is 12.3 Å². The minimum absolute atomic E-state index is 0.00723. The summed E-state index contributed by atoms with van der Waals surface area (Å²) >= 11 is 0. The molecule has 1 fully saturated rings. The Morgan fingerprint density at radius 1 is 1.48 bits per heavy atom. The van der Waals surface area contributed by atoms with Gasteiger partial charge in [-0.15, -0.1) is 0 Å². The van der Waals surface area contributed by atoms with Gasteiger partial charge in [0.2, 0.25) is 0 Å². The Balaban J connectivity index is 1.86. The van der Waals surface area contributed by atoms with Gasteiger partial charge in [0.25, 0.3) is 5.69 Å². The zero-order valence-electron chi connectivity index (χ0n) is 12.1. The minimum atomic E-state index is -0.609. The summed E-state index contributed by atoms with van der Waals surface area (Å²) < 4.78 is 5.53. The lowest BCUT2D eigenvalue weighted by molar-refractivity contribution is -0.385. The number of nitrogens with zero attached hydrogens (tertiary/aromatic N) is 2. The van der Waals surface area contributed by atoms with Crippen molar-refractivity contribution in [1.29, 1.82) is 0 Å². The molecule has 1 heterocycles. The van der Waals surface area contributed by atoms with Crippen LogP contribution in [0.25, 0.3) is 0 Å². The molecule has 0 saturated carbocycles. The number of aliphatic hydroxyl groups is 1. The molecule has 116 valence electrons. The smallest absolute Gasteiger partial charge is 0.273 e. The number of hydrogen-bond acceptors (Lipinski definition) is 6. The number of benzene rings is 1. The van der Waals surface area contributed by atoms with Crippen molar-refractivity contribution in [2.75, 3.05) is 39.3 Å². The van der Waals surface area contributed by atoms with Gasteiger partial charge in [-0.25, -0.2) is 0 Å². The average Bonchev–Trinajstić information content (AvgIpc) is 2.47. The second kappa shape index (κ2) is 7.35. The molecule has 21 heavy (non-hydrogen) atoms. The third-order valence-electron chi connectivity index (χ3n) is 3.49. The minimum Gasteiger partial charge on any atom is -0.490 e. The molecule has 0 bridgehead atoms. The number of rotatable bonds is 6. The van der Waals surface area contributed by atoms with Crippen molar-refractivity contribution in [2.24, 2.45) is 0 Å². The van der Waals surface area contributed by atoms with Crippen LogP contribution >= 0.6 is 0 Å². The van der Waals surface area contributed by atoms with Crippen LogP contribution in [0.5, 0.6) is 5.75 Å². The van der Waals surface area contributed by atoms with Crippen LogP contribution in [0.2, 0.25) is 0 Å². The monoisotopic (exact) mass is 295 g/mol. The Kier molecular flexibility index (Phi) is 5.49. The van der Waals surface area contributed by atoms with E-state index in [0.717, 1.165) is 31.7 Å². The maximum absolute atomic E-state index is 10.8. The molecular formula is C14H21N3O4. The Bertz CT molecular complexity index is 489. The number of nitrogens with one attached hydrogen (secondary N) is 1. The lowest BCUT2D eigenvalue weighted by Crippen LogP contribution is -2.47. The molecule has 7 nitrogen and oxygen atoms in total. The van der Waals surface area contributed by atoms with Crippen LogP contribution in [0, 0.1) is 17.0 Å². The Hall–Kier alpha value is -1.70. The predicted octanol–water partition coefficient (Wildman–Crippen LogP) is 0.548. The van der Waals surface area contributed by atoms with Crippen molar-refractivity contribution in [2.45, 2.75) is 13.0 Å². The first kappa shape index (κ1) is 15.7. The summed E-state index contributed by atoms with van der Waals surface area (Å²) in [5.41, 5.74) is 0.808. The molecule has 0 amide bonds. The summed E-state index contributed by atoms with van der Waals surface area (Å²) in [6.45, 7) is 6.18. The van der Waals surface area contributed by atoms with Crippen LogP contribution in [0.3, 0.4) is 0 Å². The van der Waals surface area contributed by atoms with Crippen molar-refractivity contribution in [1.82, 2.24) is 10.2 Å². The molecule has 0 aliphatic carbocycles. The lowest BCUT2D eigenvalue weighted by atomic mass is 10.2. The maximum atomic E-state index is 10.8. The van der Waals surface area contributed by atoms with Crippen molar-refractivity contribution in [3.8, 4) is 5.75 Å². The van der Waals surface area contributed by atoms with Gasteiger partial charge in [0.05, 0.1) is 11.0 Å².